The number of nitrogens with zero attached hydrogens (tertiary/aromatic N) is 3. The molecular weight excluding hydrogens is 260 g/mol. The second-order valence-electron chi connectivity index (χ2n) is 3.67. The third kappa shape index (κ3) is 4.64. The number of carbonyl (C=O) groups is 1. The summed E-state index contributed by atoms with van der Waals surface area (Å²) in [6, 6.07) is 3.39. The average molecular weight is 273 g/mol. The fourth-order valence-electron chi connectivity index (χ4n) is 1.30. The van der Waals surface area contributed by atoms with E-state index in [0.717, 1.165) is 5.56 Å². The minimum atomic E-state index is -0.659. The van der Waals surface area contributed by atoms with E-state index in [9.17, 15) is 14.9 Å². The van der Waals surface area contributed by atoms with Gasteiger partial charge in [0.2, 0.25) is 13.0 Å². The van der Waals surface area contributed by atoms with E-state index in [-0.39, 0.29) is 6.54 Å². The van der Waals surface area contributed by atoms with Gasteiger partial charge in [-0.1, -0.05) is 17.7 Å². The van der Waals surface area contributed by atoms with Crippen molar-refractivity contribution in [3.63, 3.8) is 0 Å². The van der Waals surface area contributed by atoms with E-state index in [1.165, 1.54) is 11.9 Å². The third-order valence-corrected chi connectivity index (χ3v) is 2.53. The zero-order valence-electron chi connectivity index (χ0n) is 9.75. The molecule has 0 fully saturated rings. The van der Waals surface area contributed by atoms with Crippen molar-refractivity contribution in [3.8, 4) is 0 Å². The van der Waals surface area contributed by atoms with Gasteiger partial charge < -0.3 is 4.90 Å². The molecule has 1 unspecified atom stereocenters. The van der Waals surface area contributed by atoms with E-state index < -0.39 is 11.1 Å². The van der Waals surface area contributed by atoms with E-state index in [0.29, 0.717) is 18.1 Å². The Hall–Kier alpha value is -1.73. The molecule has 1 rings (SSSR count). The van der Waals surface area contributed by atoms with Crippen LogP contribution in [0.3, 0.4) is 0 Å². The number of nitrogens with one attached hydrogen (secondary N) is 1. The molecule has 1 heterocycles. The Morgan fingerprint density at radius 1 is 1.67 bits per heavy atom. The molecule has 1 N–H and O–H groups in total. The van der Waals surface area contributed by atoms with Crippen molar-refractivity contribution < 1.29 is 9.72 Å². The van der Waals surface area contributed by atoms with Crippen LogP contribution in [0.15, 0.2) is 18.3 Å². The monoisotopic (exact) mass is 272 g/mol. The van der Waals surface area contributed by atoms with Crippen LogP contribution in [-0.4, -0.2) is 41.0 Å². The van der Waals surface area contributed by atoms with Gasteiger partial charge >= 0.3 is 0 Å². The first-order chi connectivity index (χ1) is 8.52. The Labute approximate surface area is 109 Å². The van der Waals surface area contributed by atoms with E-state index in [1.54, 1.807) is 18.3 Å². The molecule has 0 aliphatic heterocycles. The molecular formula is C10H13ClN4O3. The molecule has 0 saturated carbocycles. The molecule has 98 valence electrons. The molecule has 1 amide bonds. The molecule has 0 aromatic carbocycles. The van der Waals surface area contributed by atoms with Gasteiger partial charge in [-0.2, -0.15) is 0 Å². The van der Waals surface area contributed by atoms with Crippen LogP contribution >= 0.6 is 11.6 Å². The van der Waals surface area contributed by atoms with Crippen LogP contribution in [0, 0.1) is 10.1 Å². The van der Waals surface area contributed by atoms with Gasteiger partial charge in [0.05, 0.1) is 0 Å². The number of likely N-dealkylation sites (N-methyl/N-ethyl adjacent to an activating group) is 1. The number of carbonyl (C=O) groups excluding carboxylic acids is 1. The van der Waals surface area contributed by atoms with Gasteiger partial charge in [0.1, 0.15) is 11.3 Å². The van der Waals surface area contributed by atoms with Crippen molar-refractivity contribution in [2.24, 2.45) is 0 Å². The topological polar surface area (TPSA) is 88.4 Å². The smallest absolute Gasteiger partial charge is 0.237 e. The normalized spacial score (nSPS) is 11.9. The zero-order chi connectivity index (χ0) is 13.5. The highest BCUT2D eigenvalue weighted by Gasteiger charge is 2.18. The fraction of sp³-hybridized carbons (Fsp3) is 0.400. The van der Waals surface area contributed by atoms with E-state index in [2.05, 4.69) is 10.3 Å². The number of hydrogen-bond acceptors (Lipinski definition) is 5. The van der Waals surface area contributed by atoms with Crippen LogP contribution in [0.25, 0.3) is 0 Å². The van der Waals surface area contributed by atoms with Gasteiger partial charge in [0, 0.05) is 24.7 Å². The summed E-state index contributed by atoms with van der Waals surface area (Å²) in [5.74, 6) is 0. The SMILES string of the molecule is CN(C=O)C(C[N+](=O)[O-])NCc1ccc(Cl)nc1. The fourth-order valence-corrected chi connectivity index (χ4v) is 1.41. The van der Waals surface area contributed by atoms with E-state index >= 15 is 0 Å². The first-order valence-corrected chi connectivity index (χ1v) is 5.53. The summed E-state index contributed by atoms with van der Waals surface area (Å²) in [6.07, 6.45) is 1.45. The number of amides is 1. The number of halogens is 1. The molecule has 0 bridgehead atoms. The van der Waals surface area contributed by atoms with Crippen molar-refractivity contribution in [3.05, 3.63) is 39.2 Å². The quantitative estimate of drug-likeness (QED) is 0.257. The maximum atomic E-state index is 10.6. The van der Waals surface area contributed by atoms with Gasteiger partial charge in [-0.3, -0.25) is 20.2 Å². The molecule has 8 heteroatoms. The summed E-state index contributed by atoms with van der Waals surface area (Å²) >= 11 is 5.64. The molecule has 7 nitrogen and oxygen atoms in total. The van der Waals surface area contributed by atoms with Crippen molar-refractivity contribution in [1.29, 1.82) is 0 Å². The predicted molar refractivity (Wildman–Crippen MR) is 65.6 cm³/mol. The highest BCUT2D eigenvalue weighted by Crippen LogP contribution is 2.05. The Morgan fingerprint density at radius 3 is 2.89 bits per heavy atom. The molecule has 18 heavy (non-hydrogen) atoms. The third-order valence-electron chi connectivity index (χ3n) is 2.31. The molecule has 0 aliphatic rings. The number of pyridine rings is 1. The van der Waals surface area contributed by atoms with Gasteiger partial charge in [0.15, 0.2) is 0 Å². The van der Waals surface area contributed by atoms with Crippen molar-refractivity contribution in [2.75, 3.05) is 13.6 Å². The Morgan fingerprint density at radius 2 is 2.39 bits per heavy atom. The van der Waals surface area contributed by atoms with Crippen molar-refractivity contribution >= 4 is 18.0 Å². The number of nitro groups is 1. The summed E-state index contributed by atoms with van der Waals surface area (Å²) in [6.45, 7) is -0.00286. The summed E-state index contributed by atoms with van der Waals surface area (Å²) < 4.78 is 0. The van der Waals surface area contributed by atoms with Gasteiger partial charge in [-0.25, -0.2) is 4.98 Å². The lowest BCUT2D eigenvalue weighted by molar-refractivity contribution is -0.487. The molecule has 1 aromatic heterocycles. The summed E-state index contributed by atoms with van der Waals surface area (Å²) in [5, 5.41) is 13.8. The Balaban J connectivity index is 2.58. The Kier molecular flexibility index (Phi) is 5.47. The largest absolute Gasteiger partial charge is 0.327 e. The van der Waals surface area contributed by atoms with E-state index in [4.69, 9.17) is 11.6 Å². The average Bonchev–Trinajstić information content (AvgIpc) is 2.35. The summed E-state index contributed by atoms with van der Waals surface area (Å²) in [7, 11) is 1.48. The van der Waals surface area contributed by atoms with Crippen LogP contribution < -0.4 is 5.32 Å². The second kappa shape index (κ2) is 6.87. The highest BCUT2D eigenvalue weighted by atomic mass is 35.5. The lowest BCUT2D eigenvalue weighted by atomic mass is 10.3. The highest BCUT2D eigenvalue weighted by molar-refractivity contribution is 6.29. The van der Waals surface area contributed by atoms with Crippen LogP contribution in [0.2, 0.25) is 5.15 Å². The maximum absolute atomic E-state index is 10.6. The molecule has 0 radical (unpaired) electrons. The van der Waals surface area contributed by atoms with Crippen LogP contribution in [0.4, 0.5) is 0 Å². The van der Waals surface area contributed by atoms with Crippen LogP contribution in [-0.2, 0) is 11.3 Å². The van der Waals surface area contributed by atoms with Gasteiger partial charge in [-0.05, 0) is 11.6 Å². The predicted octanol–water partition coefficient (Wildman–Crippen LogP) is 0.516. The standard InChI is InChI=1S/C10H13ClN4O3/c1-14(7-16)10(6-15(17)18)13-5-8-2-3-9(11)12-4-8/h2-4,7,10,13H,5-6H2,1H3. The molecule has 0 saturated heterocycles. The first kappa shape index (κ1) is 14.3. The second-order valence-corrected chi connectivity index (χ2v) is 4.06. The summed E-state index contributed by atoms with van der Waals surface area (Å²) in [5.41, 5.74) is 0.826. The van der Waals surface area contributed by atoms with E-state index in [1.807, 2.05) is 0 Å². The molecule has 0 aliphatic carbocycles. The minimum absolute atomic E-state index is 0.362. The number of rotatable bonds is 7. The number of hydrogen-bond donors (Lipinski definition) is 1. The number of aromatic nitrogens is 1. The minimum Gasteiger partial charge on any atom is -0.327 e. The maximum Gasteiger partial charge on any atom is 0.237 e. The Bertz CT molecular complexity index is 412. The summed E-state index contributed by atoms with van der Waals surface area (Å²) in [4.78, 5) is 25.7. The van der Waals surface area contributed by atoms with Gasteiger partial charge in [-0.15, -0.1) is 0 Å². The van der Waals surface area contributed by atoms with Crippen molar-refractivity contribution in [2.45, 2.75) is 12.7 Å². The lowest BCUT2D eigenvalue weighted by Gasteiger charge is -2.22. The first-order valence-electron chi connectivity index (χ1n) is 5.15. The lowest BCUT2D eigenvalue weighted by Crippen LogP contribution is -2.47. The van der Waals surface area contributed by atoms with Crippen molar-refractivity contribution in [1.82, 2.24) is 15.2 Å². The molecule has 0 spiro atoms. The van der Waals surface area contributed by atoms with Gasteiger partial charge in [0.25, 0.3) is 0 Å². The van der Waals surface area contributed by atoms with Crippen LogP contribution in [0.1, 0.15) is 5.56 Å². The molecule has 1 aromatic rings. The zero-order valence-corrected chi connectivity index (χ0v) is 10.5. The van der Waals surface area contributed by atoms with Crippen LogP contribution in [0.5, 0.6) is 0 Å². The molecule has 1 atom stereocenters.